The summed E-state index contributed by atoms with van der Waals surface area (Å²) in [6.45, 7) is 3.23. The Labute approximate surface area is 215 Å². The van der Waals surface area contributed by atoms with Crippen molar-refractivity contribution in [2.24, 2.45) is 5.92 Å². The smallest absolute Gasteiger partial charge is 0.233 e. The second kappa shape index (κ2) is 9.44. The number of nitrogens with zero attached hydrogens (tertiary/aromatic N) is 1. The molecule has 3 aliphatic heterocycles. The predicted octanol–water partition coefficient (Wildman–Crippen LogP) is 4.81. The van der Waals surface area contributed by atoms with Crippen LogP contribution in [0, 0.1) is 5.92 Å². The Balaban J connectivity index is 1.35. The minimum absolute atomic E-state index is 0.0427. The quantitative estimate of drug-likeness (QED) is 0.527. The van der Waals surface area contributed by atoms with E-state index in [1.807, 2.05) is 6.07 Å². The molecule has 5 heteroatoms. The number of amides is 1. The number of nitrogens with two attached hydrogens (primary N) is 1. The van der Waals surface area contributed by atoms with Crippen molar-refractivity contribution in [3.05, 3.63) is 100 Å². The summed E-state index contributed by atoms with van der Waals surface area (Å²) in [6, 6.07) is 27.8. The van der Waals surface area contributed by atoms with Crippen LogP contribution in [0.2, 0.25) is 0 Å². The van der Waals surface area contributed by atoms with Gasteiger partial charge in [0.2, 0.25) is 5.91 Å². The van der Waals surface area contributed by atoms with Crippen LogP contribution in [0.1, 0.15) is 47.9 Å². The number of para-hydroxylation sites is 1. The minimum Gasteiger partial charge on any atom is -0.492 e. The van der Waals surface area contributed by atoms with E-state index in [-0.39, 0.29) is 17.4 Å². The van der Waals surface area contributed by atoms with Crippen molar-refractivity contribution in [3.8, 4) is 5.75 Å². The topological polar surface area (TPSA) is 46.1 Å². The number of halogens is 1. The summed E-state index contributed by atoms with van der Waals surface area (Å²) >= 11 is 3.68. The number of ether oxygens (including phenoxy) is 1. The van der Waals surface area contributed by atoms with Crippen molar-refractivity contribution >= 4 is 21.8 Å². The maximum Gasteiger partial charge on any atom is 0.233 e. The van der Waals surface area contributed by atoms with Gasteiger partial charge >= 0.3 is 0 Å². The maximum absolute atomic E-state index is 14.4. The zero-order valence-electron chi connectivity index (χ0n) is 19.9. The van der Waals surface area contributed by atoms with Crippen LogP contribution in [0.4, 0.5) is 0 Å². The van der Waals surface area contributed by atoms with Crippen LogP contribution >= 0.6 is 15.9 Å². The van der Waals surface area contributed by atoms with E-state index in [0.717, 1.165) is 49.1 Å². The van der Waals surface area contributed by atoms with Crippen LogP contribution in [0.5, 0.6) is 5.75 Å². The number of quaternary nitrogens is 1. The number of carbonyl (C=O) groups excluding carboxylic acids is 1. The van der Waals surface area contributed by atoms with Gasteiger partial charge in [-0.3, -0.25) is 4.79 Å². The van der Waals surface area contributed by atoms with Crippen molar-refractivity contribution in [1.29, 1.82) is 0 Å². The summed E-state index contributed by atoms with van der Waals surface area (Å²) in [7, 11) is 0. The number of fused-ring (bicyclic) bond motifs is 2. The summed E-state index contributed by atoms with van der Waals surface area (Å²) in [5.74, 6) is 1.66. The molecule has 1 spiro atoms. The minimum atomic E-state index is -0.175. The Kier molecular flexibility index (Phi) is 6.15. The van der Waals surface area contributed by atoms with Gasteiger partial charge in [-0.1, -0.05) is 72.8 Å². The van der Waals surface area contributed by atoms with E-state index in [0.29, 0.717) is 18.4 Å². The molecule has 3 aromatic carbocycles. The largest absolute Gasteiger partial charge is 0.492 e. The molecule has 4 nitrogen and oxygen atoms in total. The fraction of sp³-hybridized carbons (Fsp3) is 0.367. The van der Waals surface area contributed by atoms with Gasteiger partial charge in [0.25, 0.3) is 0 Å². The Hall–Kier alpha value is -2.63. The zero-order chi connectivity index (χ0) is 23.8. The molecule has 0 saturated carbocycles. The highest BCUT2D eigenvalue weighted by Gasteiger charge is 2.55. The first kappa shape index (κ1) is 22.8. The molecule has 2 N–H and O–H groups in total. The van der Waals surface area contributed by atoms with E-state index in [2.05, 4.69) is 98.9 Å². The lowest BCUT2D eigenvalue weighted by molar-refractivity contribution is -0.640. The number of likely N-dealkylation sites (tertiary alicyclic amines) is 1. The molecule has 2 fully saturated rings. The van der Waals surface area contributed by atoms with Gasteiger partial charge in [0.1, 0.15) is 11.7 Å². The van der Waals surface area contributed by atoms with Gasteiger partial charge in [-0.25, -0.2) is 0 Å². The van der Waals surface area contributed by atoms with Crippen LogP contribution in [0.3, 0.4) is 0 Å². The highest BCUT2D eigenvalue weighted by molar-refractivity contribution is 9.10. The third kappa shape index (κ3) is 3.99. The highest BCUT2D eigenvalue weighted by Crippen LogP contribution is 2.49. The molecule has 2 saturated heterocycles. The van der Waals surface area contributed by atoms with E-state index >= 15 is 0 Å². The van der Waals surface area contributed by atoms with E-state index in [4.69, 9.17) is 4.74 Å². The number of carbonyl (C=O) groups is 1. The Morgan fingerprint density at radius 3 is 2.49 bits per heavy atom. The van der Waals surface area contributed by atoms with Gasteiger partial charge in [-0.05, 0) is 58.3 Å². The molecule has 4 atom stereocenters. The van der Waals surface area contributed by atoms with Crippen LogP contribution in [0.15, 0.2) is 83.3 Å². The van der Waals surface area contributed by atoms with Crippen LogP contribution < -0.4 is 10.1 Å². The maximum atomic E-state index is 14.4. The molecule has 1 amide bonds. The summed E-state index contributed by atoms with van der Waals surface area (Å²) in [6.07, 6.45) is 2.86. The van der Waals surface area contributed by atoms with Gasteiger partial charge in [-0.15, -0.1) is 0 Å². The van der Waals surface area contributed by atoms with E-state index in [1.165, 1.54) is 16.7 Å². The Bertz CT molecular complexity index is 1200. The molecule has 3 aromatic rings. The predicted molar refractivity (Wildman–Crippen MR) is 140 cm³/mol. The SMILES string of the molecule is O=C([C@@H]1C[NH2+]C[C@]12CCOc1c(Br)cccc12)N1CC[C@@H](c2ccccc2)C[C@H]1c1ccccc1. The van der Waals surface area contributed by atoms with Gasteiger partial charge in [0.15, 0.2) is 0 Å². The summed E-state index contributed by atoms with van der Waals surface area (Å²) in [4.78, 5) is 16.7. The average molecular weight is 533 g/mol. The number of benzene rings is 3. The van der Waals surface area contributed by atoms with Crippen molar-refractivity contribution in [3.63, 3.8) is 0 Å². The molecular formula is C30H32BrN2O2+. The molecule has 0 radical (unpaired) electrons. The molecule has 3 aliphatic rings. The molecule has 0 bridgehead atoms. The zero-order valence-corrected chi connectivity index (χ0v) is 21.5. The Morgan fingerprint density at radius 2 is 1.71 bits per heavy atom. The number of piperidine rings is 1. The van der Waals surface area contributed by atoms with Gasteiger partial charge in [0.05, 0.1) is 35.6 Å². The lowest BCUT2D eigenvalue weighted by Gasteiger charge is -2.44. The molecule has 180 valence electrons. The van der Waals surface area contributed by atoms with Crippen LogP contribution in [-0.2, 0) is 10.2 Å². The van der Waals surface area contributed by atoms with Crippen molar-refractivity contribution in [2.45, 2.75) is 36.6 Å². The fourth-order valence-electron chi connectivity index (χ4n) is 6.75. The average Bonchev–Trinajstić information content (AvgIpc) is 3.33. The van der Waals surface area contributed by atoms with Crippen molar-refractivity contribution in [2.75, 3.05) is 26.2 Å². The fourth-order valence-corrected chi connectivity index (χ4v) is 7.23. The van der Waals surface area contributed by atoms with Crippen molar-refractivity contribution < 1.29 is 14.8 Å². The molecule has 6 rings (SSSR count). The van der Waals surface area contributed by atoms with E-state index in [1.54, 1.807) is 0 Å². The molecular weight excluding hydrogens is 500 g/mol. The number of hydrogen-bond acceptors (Lipinski definition) is 2. The summed E-state index contributed by atoms with van der Waals surface area (Å²) in [5, 5.41) is 2.34. The molecule has 0 aliphatic carbocycles. The van der Waals surface area contributed by atoms with E-state index < -0.39 is 0 Å². The van der Waals surface area contributed by atoms with Crippen LogP contribution in [0.25, 0.3) is 0 Å². The van der Waals surface area contributed by atoms with Gasteiger partial charge < -0.3 is 15.0 Å². The molecule has 0 aromatic heterocycles. The molecule has 3 heterocycles. The third-order valence-electron chi connectivity index (χ3n) is 8.51. The summed E-state index contributed by atoms with van der Waals surface area (Å²) in [5.41, 5.74) is 3.65. The second-order valence-electron chi connectivity index (χ2n) is 10.2. The first-order chi connectivity index (χ1) is 17.2. The van der Waals surface area contributed by atoms with Gasteiger partial charge in [0, 0.05) is 12.1 Å². The first-order valence-corrected chi connectivity index (χ1v) is 13.6. The third-order valence-corrected chi connectivity index (χ3v) is 9.14. The Morgan fingerprint density at radius 1 is 0.971 bits per heavy atom. The van der Waals surface area contributed by atoms with Crippen molar-refractivity contribution in [1.82, 2.24) is 4.90 Å². The lowest BCUT2D eigenvalue weighted by atomic mass is 9.68. The number of hydrogen-bond donors (Lipinski definition) is 1. The van der Waals surface area contributed by atoms with Crippen LogP contribution in [-0.4, -0.2) is 37.0 Å². The number of rotatable bonds is 3. The first-order valence-electron chi connectivity index (χ1n) is 12.8. The second-order valence-corrected chi connectivity index (χ2v) is 11.1. The molecule has 35 heavy (non-hydrogen) atoms. The van der Waals surface area contributed by atoms with E-state index in [9.17, 15) is 4.79 Å². The van der Waals surface area contributed by atoms with Gasteiger partial charge in [-0.2, -0.15) is 0 Å². The monoisotopic (exact) mass is 531 g/mol. The lowest BCUT2D eigenvalue weighted by Crippen LogP contribution is -2.82. The standard InChI is InChI=1S/C30H31BrN2O2/c31-26-13-7-12-24-28(26)35-17-15-30(24)20-32-19-25(30)29(34)33-16-14-23(21-8-3-1-4-9-21)18-27(33)22-10-5-2-6-11-22/h1-13,23,25,27,32H,14-20H2/p+1/t23-,25+,27+,30+/m1/s1. The normalized spacial score (nSPS) is 27.9. The highest BCUT2D eigenvalue weighted by atomic mass is 79.9. The summed E-state index contributed by atoms with van der Waals surface area (Å²) < 4.78 is 7.07. The molecule has 0 unspecified atom stereocenters.